The molecule has 0 aliphatic heterocycles. The second-order valence-electron chi connectivity index (χ2n) is 2.99. The molecule has 0 rings (SSSR count). The number of esters is 2. The van der Waals surface area contributed by atoms with Crippen LogP contribution in [0.2, 0.25) is 0 Å². The Balaban J connectivity index is 4.70. The maximum Gasteiger partial charge on any atom is 0.334 e. The van der Waals surface area contributed by atoms with Gasteiger partial charge in [-0.3, -0.25) is 0 Å². The van der Waals surface area contributed by atoms with Gasteiger partial charge in [-0.2, -0.15) is 0 Å². The minimum Gasteiger partial charge on any atom is -0.465 e. The summed E-state index contributed by atoms with van der Waals surface area (Å²) in [5, 5.41) is 0. The van der Waals surface area contributed by atoms with E-state index in [0.29, 0.717) is 12.8 Å². The zero-order valence-electron chi connectivity index (χ0n) is 9.34. The van der Waals surface area contributed by atoms with Gasteiger partial charge in [0, 0.05) is 0 Å². The molecule has 0 saturated carbocycles. The molecule has 0 atom stereocenters. The first-order valence-corrected chi connectivity index (χ1v) is 5.85. The Morgan fingerprint density at radius 2 is 1.47 bits per heavy atom. The van der Waals surface area contributed by atoms with Gasteiger partial charge in [-0.1, -0.05) is 29.3 Å². The van der Waals surface area contributed by atoms with Gasteiger partial charge >= 0.3 is 11.9 Å². The van der Waals surface area contributed by atoms with E-state index in [1.807, 2.05) is 6.92 Å². The predicted molar refractivity (Wildman–Crippen MR) is 59.8 cm³/mol. The smallest absolute Gasteiger partial charge is 0.334 e. The van der Waals surface area contributed by atoms with Gasteiger partial charge in [0.15, 0.2) is 0 Å². The molecule has 0 unspecified atom stereocenters. The lowest BCUT2D eigenvalue weighted by Gasteiger charge is -2.22. The van der Waals surface area contributed by atoms with E-state index in [-0.39, 0.29) is 13.2 Å². The number of rotatable bonds is 6. The highest BCUT2D eigenvalue weighted by atomic mass is 79.9. The van der Waals surface area contributed by atoms with E-state index < -0.39 is 16.3 Å². The van der Waals surface area contributed by atoms with Crippen molar-refractivity contribution in [2.45, 2.75) is 37.9 Å². The monoisotopic (exact) mass is 280 g/mol. The zero-order valence-corrected chi connectivity index (χ0v) is 10.9. The molecule has 4 nitrogen and oxygen atoms in total. The summed E-state index contributed by atoms with van der Waals surface area (Å²) in [4.78, 5) is 23.2. The van der Waals surface area contributed by atoms with Crippen molar-refractivity contribution < 1.29 is 19.1 Å². The van der Waals surface area contributed by atoms with Crippen molar-refractivity contribution in [3.8, 4) is 0 Å². The summed E-state index contributed by atoms with van der Waals surface area (Å²) in [6, 6.07) is 0. The Kier molecular flexibility index (Phi) is 6.56. The van der Waals surface area contributed by atoms with E-state index in [1.54, 1.807) is 13.8 Å². The highest BCUT2D eigenvalue weighted by Gasteiger charge is 2.45. The van der Waals surface area contributed by atoms with Crippen molar-refractivity contribution in [2.75, 3.05) is 13.2 Å². The molecule has 0 heterocycles. The summed E-state index contributed by atoms with van der Waals surface area (Å²) in [5.74, 6) is -1.16. The standard InChI is InChI=1S/C10H17BrO4/c1-4-7-10(11,8(12)14-5-2)9(13)15-6-3/h4-7H2,1-3H3. The quantitative estimate of drug-likeness (QED) is 0.425. The number of ether oxygens (including phenoxy) is 2. The van der Waals surface area contributed by atoms with Gasteiger partial charge in [0.25, 0.3) is 0 Å². The van der Waals surface area contributed by atoms with Crippen molar-refractivity contribution in [3.63, 3.8) is 0 Å². The summed E-state index contributed by atoms with van der Waals surface area (Å²) in [6.45, 7) is 5.77. The molecular weight excluding hydrogens is 264 g/mol. The molecule has 5 heteroatoms. The number of carbonyl (C=O) groups is 2. The molecule has 15 heavy (non-hydrogen) atoms. The third-order valence-electron chi connectivity index (χ3n) is 1.79. The number of hydrogen-bond donors (Lipinski definition) is 0. The number of carbonyl (C=O) groups excluding carboxylic acids is 2. The molecule has 0 aromatic rings. The fraction of sp³-hybridized carbons (Fsp3) is 0.800. The second-order valence-corrected chi connectivity index (χ2v) is 4.35. The van der Waals surface area contributed by atoms with Crippen LogP contribution in [0.1, 0.15) is 33.6 Å². The fourth-order valence-corrected chi connectivity index (χ4v) is 1.75. The second kappa shape index (κ2) is 6.82. The minimum atomic E-state index is -1.34. The lowest BCUT2D eigenvalue weighted by Crippen LogP contribution is -2.43. The Morgan fingerprint density at radius 3 is 1.73 bits per heavy atom. The molecule has 0 N–H and O–H groups in total. The van der Waals surface area contributed by atoms with Crippen LogP contribution in [0.25, 0.3) is 0 Å². The van der Waals surface area contributed by atoms with Crippen LogP contribution in [0.15, 0.2) is 0 Å². The van der Waals surface area contributed by atoms with Gasteiger partial charge in [0.2, 0.25) is 4.32 Å². The van der Waals surface area contributed by atoms with E-state index >= 15 is 0 Å². The fourth-order valence-electron chi connectivity index (χ4n) is 1.12. The Hall–Kier alpha value is -0.580. The van der Waals surface area contributed by atoms with Crippen LogP contribution in [0, 0.1) is 0 Å². The van der Waals surface area contributed by atoms with E-state index in [9.17, 15) is 9.59 Å². The van der Waals surface area contributed by atoms with Gasteiger partial charge in [-0.15, -0.1) is 0 Å². The molecule has 0 aliphatic carbocycles. The minimum absolute atomic E-state index is 0.245. The largest absolute Gasteiger partial charge is 0.465 e. The van der Waals surface area contributed by atoms with Gasteiger partial charge in [-0.05, 0) is 20.3 Å². The summed E-state index contributed by atoms with van der Waals surface area (Å²) in [6.07, 6.45) is 1.05. The van der Waals surface area contributed by atoms with Crippen LogP contribution in [0.3, 0.4) is 0 Å². The van der Waals surface area contributed by atoms with Gasteiger partial charge in [0.05, 0.1) is 13.2 Å². The first-order valence-electron chi connectivity index (χ1n) is 5.06. The zero-order chi connectivity index (χ0) is 11.9. The Morgan fingerprint density at radius 1 is 1.07 bits per heavy atom. The van der Waals surface area contributed by atoms with Gasteiger partial charge in [0.1, 0.15) is 0 Å². The van der Waals surface area contributed by atoms with Crippen LogP contribution in [-0.4, -0.2) is 29.5 Å². The lowest BCUT2D eigenvalue weighted by molar-refractivity contribution is -0.158. The molecule has 0 fully saturated rings. The molecule has 0 spiro atoms. The van der Waals surface area contributed by atoms with Crippen molar-refractivity contribution in [1.82, 2.24) is 0 Å². The van der Waals surface area contributed by atoms with Gasteiger partial charge < -0.3 is 9.47 Å². The third-order valence-corrected chi connectivity index (χ3v) is 2.84. The Bertz CT molecular complexity index is 209. The molecule has 0 bridgehead atoms. The molecular formula is C10H17BrO4. The normalized spacial score (nSPS) is 10.9. The number of halogens is 1. The summed E-state index contributed by atoms with van der Waals surface area (Å²) < 4.78 is 8.34. The van der Waals surface area contributed by atoms with Crippen LogP contribution in [0.4, 0.5) is 0 Å². The van der Waals surface area contributed by atoms with Crippen molar-refractivity contribution >= 4 is 27.9 Å². The van der Waals surface area contributed by atoms with Crippen molar-refractivity contribution in [2.24, 2.45) is 0 Å². The summed E-state index contributed by atoms with van der Waals surface area (Å²) in [7, 11) is 0. The summed E-state index contributed by atoms with van der Waals surface area (Å²) in [5.41, 5.74) is 0. The average Bonchev–Trinajstić information content (AvgIpc) is 2.18. The van der Waals surface area contributed by atoms with E-state index in [2.05, 4.69) is 15.9 Å². The molecule has 0 amide bonds. The molecule has 0 aliphatic rings. The lowest BCUT2D eigenvalue weighted by atomic mass is 10.0. The van der Waals surface area contributed by atoms with Crippen molar-refractivity contribution in [3.05, 3.63) is 0 Å². The molecule has 0 radical (unpaired) electrons. The maximum atomic E-state index is 11.6. The van der Waals surface area contributed by atoms with E-state index in [1.165, 1.54) is 0 Å². The van der Waals surface area contributed by atoms with E-state index in [4.69, 9.17) is 9.47 Å². The van der Waals surface area contributed by atoms with E-state index in [0.717, 1.165) is 0 Å². The molecule has 0 aromatic heterocycles. The predicted octanol–water partition coefficient (Wildman–Crippen LogP) is 2.05. The van der Waals surface area contributed by atoms with Crippen LogP contribution >= 0.6 is 15.9 Å². The van der Waals surface area contributed by atoms with Gasteiger partial charge in [-0.25, -0.2) is 9.59 Å². The first kappa shape index (κ1) is 14.4. The molecule has 88 valence electrons. The summed E-state index contributed by atoms with van der Waals surface area (Å²) >= 11 is 3.13. The topological polar surface area (TPSA) is 52.6 Å². The number of alkyl halides is 1. The maximum absolute atomic E-state index is 11.6. The van der Waals surface area contributed by atoms with Crippen molar-refractivity contribution in [1.29, 1.82) is 0 Å². The third kappa shape index (κ3) is 3.81. The van der Waals surface area contributed by atoms with Crippen LogP contribution in [-0.2, 0) is 19.1 Å². The Labute approximate surface area is 98.4 Å². The molecule has 0 saturated heterocycles. The average molecular weight is 281 g/mol. The molecule has 0 aromatic carbocycles. The van der Waals surface area contributed by atoms with Crippen LogP contribution in [0.5, 0.6) is 0 Å². The van der Waals surface area contributed by atoms with Crippen LogP contribution < -0.4 is 0 Å². The highest BCUT2D eigenvalue weighted by molar-refractivity contribution is 9.10. The first-order chi connectivity index (χ1) is 7.02. The number of hydrogen-bond acceptors (Lipinski definition) is 4. The highest BCUT2D eigenvalue weighted by Crippen LogP contribution is 2.28. The SMILES string of the molecule is CCCC(Br)(C(=O)OCC)C(=O)OCC.